The van der Waals surface area contributed by atoms with Crippen molar-refractivity contribution >= 4 is 29.5 Å². The predicted molar refractivity (Wildman–Crippen MR) is 82.1 cm³/mol. The highest BCUT2D eigenvalue weighted by Crippen LogP contribution is 2.13. The van der Waals surface area contributed by atoms with Gasteiger partial charge >= 0.3 is 0 Å². The number of carbonyl (C=O) groups is 3. The van der Waals surface area contributed by atoms with E-state index in [0.29, 0.717) is 19.5 Å². The molecule has 0 radical (unpaired) electrons. The molecule has 1 aliphatic heterocycles. The molecular formula is C14H19N3O4S. The SMILES string of the molecule is CSCCC(=O)N1CCCN1C(=O)CNC(=O)c1ccco1. The van der Waals surface area contributed by atoms with Crippen molar-refractivity contribution in [2.24, 2.45) is 0 Å². The number of furan rings is 1. The molecule has 0 aliphatic carbocycles. The normalized spacial score (nSPS) is 14.2. The van der Waals surface area contributed by atoms with Crippen molar-refractivity contribution in [3.63, 3.8) is 0 Å². The highest BCUT2D eigenvalue weighted by molar-refractivity contribution is 7.98. The van der Waals surface area contributed by atoms with E-state index in [1.165, 1.54) is 22.3 Å². The first kappa shape index (κ1) is 16.4. The standard InChI is InChI=1S/C14H19N3O4S/c1-22-9-5-12(18)16-6-3-7-17(16)13(19)10-15-14(20)11-4-2-8-21-11/h2,4,8H,3,5-7,9-10H2,1H3,(H,15,20). The number of hydrogen-bond donors (Lipinski definition) is 1. The molecule has 0 aromatic carbocycles. The molecule has 1 fully saturated rings. The van der Waals surface area contributed by atoms with E-state index < -0.39 is 5.91 Å². The third-order valence-corrected chi connectivity index (χ3v) is 3.88. The van der Waals surface area contributed by atoms with Crippen LogP contribution in [0.2, 0.25) is 0 Å². The molecule has 1 aromatic heterocycles. The van der Waals surface area contributed by atoms with Crippen LogP contribution in [0.15, 0.2) is 22.8 Å². The van der Waals surface area contributed by atoms with Crippen molar-refractivity contribution in [1.29, 1.82) is 0 Å². The lowest BCUT2D eigenvalue weighted by molar-refractivity contribution is -0.156. The molecule has 1 aliphatic rings. The van der Waals surface area contributed by atoms with Crippen LogP contribution in [-0.2, 0) is 9.59 Å². The molecule has 0 bridgehead atoms. The average Bonchev–Trinajstić information content (AvgIpc) is 3.20. The lowest BCUT2D eigenvalue weighted by Crippen LogP contribution is -2.48. The van der Waals surface area contributed by atoms with E-state index in [1.807, 2.05) is 6.26 Å². The number of hydrazine groups is 1. The largest absolute Gasteiger partial charge is 0.459 e. The van der Waals surface area contributed by atoms with Gasteiger partial charge in [-0.15, -0.1) is 0 Å². The fraction of sp³-hybridized carbons (Fsp3) is 0.500. The van der Waals surface area contributed by atoms with Crippen LogP contribution in [0.4, 0.5) is 0 Å². The summed E-state index contributed by atoms with van der Waals surface area (Å²) in [5.41, 5.74) is 0. The molecule has 120 valence electrons. The van der Waals surface area contributed by atoms with Crippen LogP contribution >= 0.6 is 11.8 Å². The first-order valence-corrected chi connectivity index (χ1v) is 8.44. The van der Waals surface area contributed by atoms with Gasteiger partial charge < -0.3 is 9.73 Å². The van der Waals surface area contributed by atoms with E-state index in [4.69, 9.17) is 4.42 Å². The minimum Gasteiger partial charge on any atom is -0.459 e. The van der Waals surface area contributed by atoms with Gasteiger partial charge in [0.1, 0.15) is 0 Å². The Hall–Kier alpha value is -1.96. The lowest BCUT2D eigenvalue weighted by Gasteiger charge is -2.28. The lowest BCUT2D eigenvalue weighted by atomic mass is 10.4. The summed E-state index contributed by atoms with van der Waals surface area (Å²) in [5, 5.41) is 5.40. The van der Waals surface area contributed by atoms with Crippen LogP contribution in [0.1, 0.15) is 23.4 Å². The monoisotopic (exact) mass is 325 g/mol. The number of hydrogen-bond acceptors (Lipinski definition) is 5. The van der Waals surface area contributed by atoms with Crippen LogP contribution in [-0.4, -0.2) is 59.4 Å². The summed E-state index contributed by atoms with van der Waals surface area (Å²) in [4.78, 5) is 36.0. The second kappa shape index (κ2) is 7.88. The number of amides is 3. The molecule has 1 saturated heterocycles. The van der Waals surface area contributed by atoms with E-state index in [1.54, 1.807) is 17.8 Å². The third-order valence-electron chi connectivity index (χ3n) is 3.27. The Morgan fingerprint density at radius 2 is 2.00 bits per heavy atom. The summed E-state index contributed by atoms with van der Waals surface area (Å²) in [7, 11) is 0. The first-order valence-electron chi connectivity index (χ1n) is 7.04. The second-order valence-corrected chi connectivity index (χ2v) is 5.78. The summed E-state index contributed by atoms with van der Waals surface area (Å²) in [6, 6.07) is 3.12. The third kappa shape index (κ3) is 4.03. The Morgan fingerprint density at radius 1 is 1.27 bits per heavy atom. The van der Waals surface area contributed by atoms with Gasteiger partial charge in [0, 0.05) is 25.3 Å². The number of carbonyl (C=O) groups excluding carboxylic acids is 3. The minimum absolute atomic E-state index is 0.0578. The van der Waals surface area contributed by atoms with Gasteiger partial charge in [-0.25, -0.2) is 5.01 Å². The van der Waals surface area contributed by atoms with Gasteiger partial charge in [0.15, 0.2) is 5.76 Å². The zero-order chi connectivity index (χ0) is 15.9. The highest BCUT2D eigenvalue weighted by Gasteiger charge is 2.30. The molecule has 7 nitrogen and oxygen atoms in total. The van der Waals surface area contributed by atoms with Gasteiger partial charge in [-0.2, -0.15) is 11.8 Å². The Bertz CT molecular complexity index is 532. The van der Waals surface area contributed by atoms with E-state index in [2.05, 4.69) is 5.32 Å². The van der Waals surface area contributed by atoms with Crippen LogP contribution < -0.4 is 5.32 Å². The maximum Gasteiger partial charge on any atom is 0.287 e. The number of nitrogens with zero attached hydrogens (tertiary/aromatic N) is 2. The highest BCUT2D eigenvalue weighted by atomic mass is 32.2. The van der Waals surface area contributed by atoms with Gasteiger partial charge in [-0.3, -0.25) is 19.4 Å². The smallest absolute Gasteiger partial charge is 0.287 e. The Morgan fingerprint density at radius 3 is 2.64 bits per heavy atom. The van der Waals surface area contributed by atoms with Gasteiger partial charge in [-0.05, 0) is 24.8 Å². The predicted octanol–water partition coefficient (Wildman–Crippen LogP) is 0.738. The van der Waals surface area contributed by atoms with Crippen molar-refractivity contribution in [1.82, 2.24) is 15.3 Å². The van der Waals surface area contributed by atoms with Crippen molar-refractivity contribution < 1.29 is 18.8 Å². The molecule has 8 heteroatoms. The zero-order valence-corrected chi connectivity index (χ0v) is 13.2. The van der Waals surface area contributed by atoms with Crippen molar-refractivity contribution in [2.75, 3.05) is 31.6 Å². The molecule has 0 unspecified atom stereocenters. The summed E-state index contributed by atoms with van der Waals surface area (Å²) in [6.45, 7) is 0.886. The summed E-state index contributed by atoms with van der Waals surface area (Å²) in [6.07, 6.45) is 4.49. The summed E-state index contributed by atoms with van der Waals surface area (Å²) < 4.78 is 4.95. The zero-order valence-electron chi connectivity index (χ0n) is 12.4. The van der Waals surface area contributed by atoms with E-state index in [-0.39, 0.29) is 24.1 Å². The average molecular weight is 325 g/mol. The molecule has 2 rings (SSSR count). The summed E-state index contributed by atoms with van der Waals surface area (Å²) in [5.74, 6) is 0.0828. The van der Waals surface area contributed by atoms with Crippen molar-refractivity contribution in [2.45, 2.75) is 12.8 Å². The number of thioether (sulfide) groups is 1. The Labute approximate surface area is 133 Å². The maximum atomic E-state index is 12.2. The van der Waals surface area contributed by atoms with E-state index in [0.717, 1.165) is 12.2 Å². The quantitative estimate of drug-likeness (QED) is 0.834. The molecule has 3 amide bonds. The molecule has 0 atom stereocenters. The summed E-state index contributed by atoms with van der Waals surface area (Å²) >= 11 is 1.59. The molecule has 1 aromatic rings. The van der Waals surface area contributed by atoms with Gasteiger partial charge in [0.2, 0.25) is 5.91 Å². The van der Waals surface area contributed by atoms with Gasteiger partial charge in [-0.1, -0.05) is 0 Å². The van der Waals surface area contributed by atoms with Crippen LogP contribution in [0.5, 0.6) is 0 Å². The maximum absolute atomic E-state index is 12.2. The van der Waals surface area contributed by atoms with Gasteiger partial charge in [0.05, 0.1) is 12.8 Å². The van der Waals surface area contributed by atoms with Crippen molar-refractivity contribution in [3.05, 3.63) is 24.2 Å². The molecule has 0 spiro atoms. The molecular weight excluding hydrogens is 306 g/mol. The fourth-order valence-electron chi connectivity index (χ4n) is 2.19. The van der Waals surface area contributed by atoms with E-state index >= 15 is 0 Å². The topological polar surface area (TPSA) is 82.9 Å². The molecule has 1 N–H and O–H groups in total. The Balaban J connectivity index is 1.85. The molecule has 22 heavy (non-hydrogen) atoms. The van der Waals surface area contributed by atoms with Gasteiger partial charge in [0.25, 0.3) is 11.8 Å². The molecule has 2 heterocycles. The van der Waals surface area contributed by atoms with Crippen LogP contribution in [0.25, 0.3) is 0 Å². The Kier molecular flexibility index (Phi) is 5.88. The number of rotatable bonds is 6. The molecule has 0 saturated carbocycles. The fourth-order valence-corrected chi connectivity index (χ4v) is 2.57. The minimum atomic E-state index is -0.446. The van der Waals surface area contributed by atoms with E-state index in [9.17, 15) is 14.4 Å². The number of nitrogens with one attached hydrogen (secondary N) is 1. The second-order valence-electron chi connectivity index (χ2n) is 4.79. The van der Waals surface area contributed by atoms with Crippen LogP contribution in [0.3, 0.4) is 0 Å². The first-order chi connectivity index (χ1) is 10.6. The van der Waals surface area contributed by atoms with Crippen molar-refractivity contribution in [3.8, 4) is 0 Å². The van der Waals surface area contributed by atoms with Crippen LogP contribution in [0, 0.1) is 0 Å².